The number of nitrogens with one attached hydrogen (secondary N) is 1. The van der Waals surface area contributed by atoms with Gasteiger partial charge in [-0.25, -0.2) is 0 Å². The second-order valence-corrected chi connectivity index (χ2v) is 6.01. The van der Waals surface area contributed by atoms with Gasteiger partial charge < -0.3 is 10.1 Å². The summed E-state index contributed by atoms with van der Waals surface area (Å²) in [5.74, 6) is 0. The number of morpholine rings is 1. The fraction of sp³-hybridized carbons (Fsp3) is 0.800. The molecule has 5 nitrogen and oxygen atoms in total. The smallest absolute Gasteiger partial charge is 0.0913 e. The van der Waals surface area contributed by atoms with Gasteiger partial charge in [0.2, 0.25) is 0 Å². The fourth-order valence-corrected chi connectivity index (χ4v) is 3.37. The predicted molar refractivity (Wildman–Crippen MR) is 78.6 cm³/mol. The minimum absolute atomic E-state index is 0.206. The summed E-state index contributed by atoms with van der Waals surface area (Å²) in [5.41, 5.74) is 1.10. The Morgan fingerprint density at radius 2 is 2.45 bits per heavy atom. The van der Waals surface area contributed by atoms with E-state index in [0.717, 1.165) is 31.8 Å². The van der Waals surface area contributed by atoms with Gasteiger partial charge in [0.05, 0.1) is 24.4 Å². The molecular weight excluding hydrogens is 252 g/mol. The molecular formula is C15H26N4O. The Kier molecular flexibility index (Phi) is 4.38. The summed E-state index contributed by atoms with van der Waals surface area (Å²) in [6.07, 6.45) is 5.96. The molecule has 0 spiro atoms. The average molecular weight is 278 g/mol. The first-order valence-corrected chi connectivity index (χ1v) is 7.86. The van der Waals surface area contributed by atoms with E-state index in [1.807, 2.05) is 17.9 Å². The zero-order chi connectivity index (χ0) is 13.9. The molecule has 0 saturated carbocycles. The largest absolute Gasteiger partial charge is 0.373 e. The van der Waals surface area contributed by atoms with Crippen LogP contribution in [0.1, 0.15) is 37.9 Å². The summed E-state index contributed by atoms with van der Waals surface area (Å²) in [5, 5.41) is 8.20. The van der Waals surface area contributed by atoms with Gasteiger partial charge in [-0.2, -0.15) is 5.10 Å². The van der Waals surface area contributed by atoms with Crippen molar-refractivity contribution in [2.24, 2.45) is 7.05 Å². The summed E-state index contributed by atoms with van der Waals surface area (Å²) in [4.78, 5) is 2.59. The Balaban J connectivity index is 1.71. The van der Waals surface area contributed by atoms with E-state index in [1.54, 1.807) is 0 Å². The number of aryl methyl sites for hydroxylation is 1. The van der Waals surface area contributed by atoms with Crippen LogP contribution in [0.15, 0.2) is 12.3 Å². The van der Waals surface area contributed by atoms with Crippen molar-refractivity contribution in [2.75, 3.05) is 26.2 Å². The van der Waals surface area contributed by atoms with E-state index in [9.17, 15) is 0 Å². The molecule has 3 unspecified atom stereocenters. The first kappa shape index (κ1) is 14.0. The maximum absolute atomic E-state index is 6.16. The Labute approximate surface area is 121 Å². The van der Waals surface area contributed by atoms with E-state index < -0.39 is 0 Å². The Bertz CT molecular complexity index is 433. The molecule has 0 radical (unpaired) electrons. The lowest BCUT2D eigenvalue weighted by Gasteiger charge is -2.38. The molecule has 3 atom stereocenters. The first-order chi connectivity index (χ1) is 9.78. The summed E-state index contributed by atoms with van der Waals surface area (Å²) < 4.78 is 8.03. The molecule has 3 rings (SSSR count). The highest BCUT2D eigenvalue weighted by molar-refractivity contribution is 5.09. The van der Waals surface area contributed by atoms with E-state index >= 15 is 0 Å². The van der Waals surface area contributed by atoms with Crippen LogP contribution >= 0.6 is 0 Å². The van der Waals surface area contributed by atoms with Crippen LogP contribution in [0.4, 0.5) is 0 Å². The highest BCUT2D eigenvalue weighted by Gasteiger charge is 2.36. The lowest BCUT2D eigenvalue weighted by atomic mass is 10.0. The van der Waals surface area contributed by atoms with Crippen LogP contribution < -0.4 is 5.32 Å². The topological polar surface area (TPSA) is 42.3 Å². The second kappa shape index (κ2) is 6.24. The van der Waals surface area contributed by atoms with Crippen molar-refractivity contribution >= 4 is 0 Å². The van der Waals surface area contributed by atoms with Gasteiger partial charge in [0, 0.05) is 25.8 Å². The highest BCUT2D eigenvalue weighted by atomic mass is 16.5. The molecule has 1 aromatic rings. The van der Waals surface area contributed by atoms with Gasteiger partial charge in [0.15, 0.2) is 0 Å². The molecule has 20 heavy (non-hydrogen) atoms. The van der Waals surface area contributed by atoms with Crippen LogP contribution in [-0.4, -0.2) is 53.1 Å². The summed E-state index contributed by atoms with van der Waals surface area (Å²) in [6, 6.07) is 2.96. The minimum atomic E-state index is 0.206. The van der Waals surface area contributed by atoms with Gasteiger partial charge in [-0.15, -0.1) is 0 Å². The summed E-state index contributed by atoms with van der Waals surface area (Å²) in [7, 11) is 1.97. The van der Waals surface area contributed by atoms with Gasteiger partial charge in [-0.1, -0.05) is 6.92 Å². The van der Waals surface area contributed by atoms with Crippen LogP contribution in [0.5, 0.6) is 0 Å². The first-order valence-electron chi connectivity index (χ1n) is 7.86. The quantitative estimate of drug-likeness (QED) is 0.882. The van der Waals surface area contributed by atoms with E-state index in [1.165, 1.54) is 19.4 Å². The Morgan fingerprint density at radius 1 is 1.55 bits per heavy atom. The van der Waals surface area contributed by atoms with Crippen LogP contribution in [0.2, 0.25) is 0 Å². The zero-order valence-electron chi connectivity index (χ0n) is 12.6. The molecule has 2 aliphatic heterocycles. The molecule has 2 saturated heterocycles. The molecule has 0 aromatic carbocycles. The molecule has 112 valence electrons. The molecule has 0 aliphatic carbocycles. The number of ether oxygens (including phenoxy) is 1. The normalized spacial score (nSPS) is 28.5. The molecule has 1 N–H and O–H groups in total. The zero-order valence-corrected chi connectivity index (χ0v) is 12.6. The van der Waals surface area contributed by atoms with Crippen molar-refractivity contribution in [3.63, 3.8) is 0 Å². The van der Waals surface area contributed by atoms with Crippen molar-refractivity contribution in [3.05, 3.63) is 18.0 Å². The van der Waals surface area contributed by atoms with Crippen LogP contribution in [0.3, 0.4) is 0 Å². The van der Waals surface area contributed by atoms with Crippen LogP contribution in [-0.2, 0) is 11.8 Å². The number of rotatable bonds is 5. The highest BCUT2D eigenvalue weighted by Crippen LogP contribution is 2.28. The van der Waals surface area contributed by atoms with Gasteiger partial charge in [0.25, 0.3) is 0 Å². The number of hydrogen-bond acceptors (Lipinski definition) is 4. The second-order valence-electron chi connectivity index (χ2n) is 6.01. The van der Waals surface area contributed by atoms with E-state index in [2.05, 4.69) is 28.3 Å². The van der Waals surface area contributed by atoms with Crippen molar-refractivity contribution in [2.45, 2.75) is 44.4 Å². The molecule has 3 heterocycles. The molecule has 0 bridgehead atoms. The van der Waals surface area contributed by atoms with Crippen LogP contribution in [0.25, 0.3) is 0 Å². The van der Waals surface area contributed by atoms with Crippen molar-refractivity contribution in [3.8, 4) is 0 Å². The lowest BCUT2D eigenvalue weighted by molar-refractivity contribution is -0.0658. The molecule has 1 aromatic heterocycles. The minimum Gasteiger partial charge on any atom is -0.373 e. The van der Waals surface area contributed by atoms with Gasteiger partial charge in [-0.05, 0) is 38.4 Å². The monoisotopic (exact) mass is 278 g/mol. The third-order valence-electron chi connectivity index (χ3n) is 4.46. The van der Waals surface area contributed by atoms with Crippen LogP contribution in [0, 0.1) is 0 Å². The number of hydrogen-bond donors (Lipinski definition) is 1. The van der Waals surface area contributed by atoms with Gasteiger partial charge >= 0.3 is 0 Å². The maximum atomic E-state index is 6.16. The number of fused-ring (bicyclic) bond motifs is 1. The fourth-order valence-electron chi connectivity index (χ4n) is 3.37. The van der Waals surface area contributed by atoms with Crippen molar-refractivity contribution in [1.29, 1.82) is 0 Å². The molecule has 5 heteroatoms. The molecule has 2 fully saturated rings. The maximum Gasteiger partial charge on any atom is 0.0913 e. The van der Waals surface area contributed by atoms with E-state index in [-0.39, 0.29) is 12.1 Å². The van der Waals surface area contributed by atoms with Gasteiger partial charge in [-0.3, -0.25) is 9.58 Å². The average Bonchev–Trinajstić information content (AvgIpc) is 3.07. The van der Waals surface area contributed by atoms with Gasteiger partial charge in [0.1, 0.15) is 0 Å². The van der Waals surface area contributed by atoms with E-state index in [4.69, 9.17) is 4.74 Å². The SMILES string of the molecule is CCCNC(c1ccn(C)n1)C1CN2CCCC2CO1. The Morgan fingerprint density at radius 3 is 3.20 bits per heavy atom. The summed E-state index contributed by atoms with van der Waals surface area (Å²) >= 11 is 0. The predicted octanol–water partition coefficient (Wildman–Crippen LogP) is 1.32. The number of aromatic nitrogens is 2. The Hall–Kier alpha value is -0.910. The van der Waals surface area contributed by atoms with Crippen molar-refractivity contribution < 1.29 is 4.74 Å². The summed E-state index contributed by atoms with van der Waals surface area (Å²) in [6.45, 7) is 6.34. The lowest BCUT2D eigenvalue weighted by Crippen LogP contribution is -2.50. The third kappa shape index (κ3) is 2.90. The number of nitrogens with zero attached hydrogens (tertiary/aromatic N) is 3. The van der Waals surface area contributed by atoms with Crippen molar-refractivity contribution in [1.82, 2.24) is 20.0 Å². The third-order valence-corrected chi connectivity index (χ3v) is 4.46. The molecule has 0 amide bonds. The molecule has 2 aliphatic rings. The van der Waals surface area contributed by atoms with E-state index in [0.29, 0.717) is 6.04 Å². The standard InChI is InChI=1S/C15H26N4O/c1-3-7-16-15(13-6-9-18(2)17-13)14-10-19-8-4-5-12(19)11-20-14/h6,9,12,14-16H,3-5,7-8,10-11H2,1-2H3.